The van der Waals surface area contributed by atoms with Gasteiger partial charge in [-0.25, -0.2) is 0 Å². The predicted molar refractivity (Wildman–Crippen MR) is 123 cm³/mol. The van der Waals surface area contributed by atoms with Crippen LogP contribution in [0.15, 0.2) is 48.5 Å². The topological polar surface area (TPSA) is 29.1 Å². The summed E-state index contributed by atoms with van der Waals surface area (Å²) in [5.41, 5.74) is 6.00. The van der Waals surface area contributed by atoms with E-state index in [4.69, 9.17) is 0 Å². The van der Waals surface area contributed by atoms with Crippen LogP contribution in [0.4, 0.5) is 0 Å². The van der Waals surface area contributed by atoms with Crippen LogP contribution in [0.3, 0.4) is 0 Å². The van der Waals surface area contributed by atoms with Gasteiger partial charge in [0, 0.05) is 24.3 Å². The lowest BCUT2D eigenvalue weighted by molar-refractivity contribution is -0.126. The predicted octanol–water partition coefficient (Wildman–Crippen LogP) is 6.40. The molecule has 30 heavy (non-hydrogen) atoms. The summed E-state index contributed by atoms with van der Waals surface area (Å²) in [6.07, 6.45) is 9.80. The van der Waals surface area contributed by atoms with Crippen molar-refractivity contribution in [3.05, 3.63) is 70.8 Å². The third kappa shape index (κ3) is 3.59. The molecule has 1 unspecified atom stereocenters. The minimum absolute atomic E-state index is 0.239. The number of carbonyl (C=O) groups is 1. The lowest BCUT2D eigenvalue weighted by Crippen LogP contribution is -2.41. The van der Waals surface area contributed by atoms with Crippen molar-refractivity contribution in [3.8, 4) is 0 Å². The van der Waals surface area contributed by atoms with E-state index in [0.717, 1.165) is 31.7 Å². The van der Waals surface area contributed by atoms with Gasteiger partial charge in [-0.15, -0.1) is 0 Å². The van der Waals surface area contributed by atoms with Crippen molar-refractivity contribution in [1.82, 2.24) is 5.32 Å². The van der Waals surface area contributed by atoms with E-state index in [9.17, 15) is 4.79 Å². The van der Waals surface area contributed by atoms with E-state index >= 15 is 0 Å². The van der Waals surface area contributed by atoms with Gasteiger partial charge in [-0.05, 0) is 66.2 Å². The van der Waals surface area contributed by atoms with E-state index in [2.05, 4.69) is 60.8 Å². The Morgan fingerprint density at radius 1 is 0.900 bits per heavy atom. The third-order valence-corrected chi connectivity index (χ3v) is 8.14. The zero-order valence-electron chi connectivity index (χ0n) is 18.3. The summed E-state index contributed by atoms with van der Waals surface area (Å²) < 4.78 is 0. The monoisotopic (exact) mass is 401 g/mol. The summed E-state index contributed by atoms with van der Waals surface area (Å²) in [4.78, 5) is 12.9. The summed E-state index contributed by atoms with van der Waals surface area (Å²) in [5, 5.41) is 3.39. The van der Waals surface area contributed by atoms with Gasteiger partial charge in [0.15, 0.2) is 0 Å². The number of carbonyl (C=O) groups excluding carboxylic acids is 1. The van der Waals surface area contributed by atoms with Gasteiger partial charge in [-0.2, -0.15) is 0 Å². The molecule has 4 aliphatic carbocycles. The van der Waals surface area contributed by atoms with Crippen LogP contribution in [-0.2, 0) is 4.79 Å². The Kier molecular flexibility index (Phi) is 5.67. The number of benzene rings is 2. The molecule has 158 valence electrons. The number of unbranched alkanes of at least 4 members (excludes halogenated alkanes) is 1. The summed E-state index contributed by atoms with van der Waals surface area (Å²) in [6.45, 7) is 3.09. The van der Waals surface area contributed by atoms with Crippen LogP contribution in [0.25, 0.3) is 0 Å². The Bertz CT molecular complexity index is 848. The van der Waals surface area contributed by atoms with Gasteiger partial charge in [0.2, 0.25) is 5.91 Å². The second kappa shape index (κ2) is 8.57. The Hall–Kier alpha value is -2.09. The highest BCUT2D eigenvalue weighted by Gasteiger charge is 2.43. The number of amides is 1. The number of hydrogen-bond donors (Lipinski definition) is 1. The smallest absolute Gasteiger partial charge is 0.223 e. The van der Waals surface area contributed by atoms with Crippen LogP contribution in [0.5, 0.6) is 0 Å². The Labute approximate surface area is 181 Å². The average Bonchev–Trinajstić information content (AvgIpc) is 2.81. The summed E-state index contributed by atoms with van der Waals surface area (Å²) in [7, 11) is 0. The summed E-state index contributed by atoms with van der Waals surface area (Å²) in [6, 6.07) is 18.0. The van der Waals surface area contributed by atoms with Crippen LogP contribution in [-0.4, -0.2) is 12.5 Å². The molecule has 2 bridgehead atoms. The Balaban J connectivity index is 1.24. The first-order valence-electron chi connectivity index (χ1n) is 12.2. The van der Waals surface area contributed by atoms with Gasteiger partial charge < -0.3 is 5.32 Å². The lowest BCUT2D eigenvalue weighted by atomic mass is 9.59. The molecule has 2 aromatic rings. The van der Waals surface area contributed by atoms with E-state index in [-0.39, 0.29) is 5.92 Å². The zero-order valence-corrected chi connectivity index (χ0v) is 18.3. The Morgan fingerprint density at radius 2 is 1.50 bits per heavy atom. The molecule has 2 nitrogen and oxygen atoms in total. The summed E-state index contributed by atoms with van der Waals surface area (Å²) in [5.74, 6) is 2.82. The molecule has 1 saturated carbocycles. The molecular weight excluding hydrogens is 366 g/mol. The van der Waals surface area contributed by atoms with Gasteiger partial charge >= 0.3 is 0 Å². The normalized spacial score (nSPS) is 29.2. The highest BCUT2D eigenvalue weighted by Crippen LogP contribution is 2.55. The third-order valence-electron chi connectivity index (χ3n) is 8.14. The van der Waals surface area contributed by atoms with Crippen LogP contribution in [0, 0.1) is 17.8 Å². The molecule has 2 aromatic carbocycles. The van der Waals surface area contributed by atoms with Crippen LogP contribution < -0.4 is 5.32 Å². The fraction of sp³-hybridized carbons (Fsp3) is 0.536. The van der Waals surface area contributed by atoms with Gasteiger partial charge in [-0.1, -0.05) is 74.7 Å². The molecule has 4 aliphatic rings. The fourth-order valence-electron chi connectivity index (χ4n) is 6.54. The molecule has 2 heteroatoms. The van der Waals surface area contributed by atoms with Crippen LogP contribution in [0.2, 0.25) is 0 Å². The van der Waals surface area contributed by atoms with Crippen LogP contribution in [0.1, 0.15) is 92.4 Å². The van der Waals surface area contributed by atoms with E-state index in [1.165, 1.54) is 54.4 Å². The Morgan fingerprint density at radius 3 is 2.10 bits per heavy atom. The number of nitrogens with one attached hydrogen (secondary N) is 1. The highest BCUT2D eigenvalue weighted by atomic mass is 16.1. The lowest BCUT2D eigenvalue weighted by Gasteiger charge is -2.45. The molecule has 6 rings (SSSR count). The molecule has 1 atom stereocenters. The number of hydrogen-bond acceptors (Lipinski definition) is 1. The first kappa shape index (κ1) is 19.8. The van der Waals surface area contributed by atoms with Crippen molar-refractivity contribution in [2.75, 3.05) is 6.54 Å². The minimum atomic E-state index is 0.239. The van der Waals surface area contributed by atoms with Crippen molar-refractivity contribution in [3.63, 3.8) is 0 Å². The molecule has 0 aliphatic heterocycles. The average molecular weight is 402 g/mol. The highest BCUT2D eigenvalue weighted by molar-refractivity contribution is 5.78. The van der Waals surface area contributed by atoms with E-state index in [1.807, 2.05) is 0 Å². The SMILES string of the molecule is CCCCC1CCC(C(=O)NCC2CC3c4ccccc4C2c2ccccc23)CC1. The van der Waals surface area contributed by atoms with Gasteiger partial charge in [0.25, 0.3) is 0 Å². The van der Waals surface area contributed by atoms with Crippen molar-refractivity contribution in [1.29, 1.82) is 0 Å². The maximum absolute atomic E-state index is 12.9. The largest absolute Gasteiger partial charge is 0.356 e. The molecule has 0 radical (unpaired) electrons. The van der Waals surface area contributed by atoms with Gasteiger partial charge in [-0.3, -0.25) is 4.79 Å². The van der Waals surface area contributed by atoms with Crippen molar-refractivity contribution in [2.24, 2.45) is 17.8 Å². The molecular formula is C28H35NO. The van der Waals surface area contributed by atoms with Crippen LogP contribution >= 0.6 is 0 Å². The maximum atomic E-state index is 12.9. The molecule has 0 aromatic heterocycles. The minimum Gasteiger partial charge on any atom is -0.356 e. The fourth-order valence-corrected chi connectivity index (χ4v) is 6.54. The van der Waals surface area contributed by atoms with Gasteiger partial charge in [0.1, 0.15) is 0 Å². The quantitative estimate of drug-likeness (QED) is 0.596. The molecule has 1 fully saturated rings. The first-order valence-corrected chi connectivity index (χ1v) is 12.2. The summed E-state index contributed by atoms with van der Waals surface area (Å²) >= 11 is 0. The molecule has 0 saturated heterocycles. The molecule has 0 heterocycles. The zero-order chi connectivity index (χ0) is 20.5. The van der Waals surface area contributed by atoms with Crippen molar-refractivity contribution < 1.29 is 4.79 Å². The number of fused-ring (bicyclic) bond motifs is 1. The first-order chi connectivity index (χ1) is 14.8. The van der Waals surface area contributed by atoms with E-state index < -0.39 is 0 Å². The van der Waals surface area contributed by atoms with Crippen molar-refractivity contribution in [2.45, 2.75) is 70.1 Å². The number of rotatable bonds is 6. The second-order valence-corrected chi connectivity index (χ2v) is 9.89. The van der Waals surface area contributed by atoms with E-state index in [0.29, 0.717) is 23.7 Å². The molecule has 1 N–H and O–H groups in total. The van der Waals surface area contributed by atoms with Gasteiger partial charge in [0.05, 0.1) is 0 Å². The second-order valence-electron chi connectivity index (χ2n) is 9.89. The maximum Gasteiger partial charge on any atom is 0.223 e. The van der Waals surface area contributed by atoms with E-state index in [1.54, 1.807) is 0 Å². The standard InChI is InChI=1S/C28H35NO/c1-2-3-8-19-13-15-20(16-14-19)28(30)29-18-21-17-26-22-9-4-6-11-24(22)27(21)25-12-7-5-10-23(25)26/h4-7,9-12,19-21,26-27H,2-3,8,13-18H2,1H3,(H,29,30). The van der Waals surface area contributed by atoms with Crippen molar-refractivity contribution >= 4 is 5.91 Å². The molecule has 1 amide bonds. The molecule has 0 spiro atoms.